The number of carbonyl (C=O) groups is 1. The molecule has 16 heavy (non-hydrogen) atoms. The molecule has 0 fully saturated rings. The van der Waals surface area contributed by atoms with Gasteiger partial charge in [0.05, 0.1) is 5.56 Å². The quantitative estimate of drug-likeness (QED) is 0.734. The molecule has 1 unspecified atom stereocenters. The summed E-state index contributed by atoms with van der Waals surface area (Å²) >= 11 is 0. The summed E-state index contributed by atoms with van der Waals surface area (Å²) < 4.78 is 39.3. The van der Waals surface area contributed by atoms with E-state index in [1.165, 1.54) is 0 Å². The summed E-state index contributed by atoms with van der Waals surface area (Å²) in [7, 11) is 0. The van der Waals surface area contributed by atoms with Crippen molar-refractivity contribution in [3.63, 3.8) is 0 Å². The molecule has 0 radical (unpaired) electrons. The van der Waals surface area contributed by atoms with E-state index in [2.05, 4.69) is 5.32 Å². The molecule has 5 heteroatoms. The first-order chi connectivity index (χ1) is 7.54. The summed E-state index contributed by atoms with van der Waals surface area (Å²) in [4.78, 5) is 11.5. The molecule has 2 nitrogen and oxygen atoms in total. The molecule has 0 aromatic heterocycles. The highest BCUT2D eigenvalue weighted by molar-refractivity contribution is 5.97. The summed E-state index contributed by atoms with van der Waals surface area (Å²) in [5, 5.41) is 2.54. The standard InChI is InChI=1S/C11H10F3NO/c1-2-6-3-5-4-7(12)9(13)10(14)8(5)11(16)15-6/h4,6H,2-3H2,1H3,(H,15,16). The van der Waals surface area contributed by atoms with E-state index in [0.29, 0.717) is 12.8 Å². The molecule has 1 amide bonds. The number of carbonyl (C=O) groups excluding carboxylic acids is 1. The van der Waals surface area contributed by atoms with Crippen LogP contribution in [-0.4, -0.2) is 11.9 Å². The molecule has 1 heterocycles. The highest BCUT2D eigenvalue weighted by Crippen LogP contribution is 2.24. The van der Waals surface area contributed by atoms with Crippen molar-refractivity contribution in [1.82, 2.24) is 5.32 Å². The Morgan fingerprint density at radius 3 is 2.69 bits per heavy atom. The normalized spacial score (nSPS) is 19.2. The Balaban J connectivity index is 2.57. The highest BCUT2D eigenvalue weighted by Gasteiger charge is 2.29. The van der Waals surface area contributed by atoms with Gasteiger partial charge in [0.1, 0.15) is 0 Å². The van der Waals surface area contributed by atoms with E-state index < -0.39 is 23.4 Å². The summed E-state index contributed by atoms with van der Waals surface area (Å²) in [5.41, 5.74) is -0.143. The molecular weight excluding hydrogens is 219 g/mol. The van der Waals surface area contributed by atoms with Crippen molar-refractivity contribution >= 4 is 5.91 Å². The van der Waals surface area contributed by atoms with Crippen LogP contribution in [0.2, 0.25) is 0 Å². The minimum Gasteiger partial charge on any atom is -0.349 e. The third-order valence-electron chi connectivity index (χ3n) is 2.77. The molecule has 1 N–H and O–H groups in total. The van der Waals surface area contributed by atoms with E-state index in [0.717, 1.165) is 6.07 Å². The number of rotatable bonds is 1. The van der Waals surface area contributed by atoms with Crippen molar-refractivity contribution < 1.29 is 18.0 Å². The summed E-state index contributed by atoms with van der Waals surface area (Å²) in [6.07, 6.45) is 0.984. The van der Waals surface area contributed by atoms with Crippen LogP contribution in [0.5, 0.6) is 0 Å². The number of hydrogen-bond donors (Lipinski definition) is 1. The van der Waals surface area contributed by atoms with Gasteiger partial charge in [0.25, 0.3) is 5.91 Å². The molecule has 1 aromatic rings. The lowest BCUT2D eigenvalue weighted by Crippen LogP contribution is -2.41. The number of nitrogens with one attached hydrogen (secondary N) is 1. The largest absolute Gasteiger partial charge is 0.349 e. The van der Waals surface area contributed by atoms with E-state index in [4.69, 9.17) is 0 Å². The Morgan fingerprint density at radius 2 is 2.06 bits per heavy atom. The molecule has 0 saturated carbocycles. The lowest BCUT2D eigenvalue weighted by molar-refractivity contribution is 0.0917. The molecule has 1 aliphatic heterocycles. The van der Waals surface area contributed by atoms with E-state index >= 15 is 0 Å². The lowest BCUT2D eigenvalue weighted by atomic mass is 9.93. The Hall–Kier alpha value is -1.52. The van der Waals surface area contributed by atoms with Crippen molar-refractivity contribution in [2.75, 3.05) is 0 Å². The van der Waals surface area contributed by atoms with Gasteiger partial charge in [-0.05, 0) is 24.5 Å². The van der Waals surface area contributed by atoms with Gasteiger partial charge in [-0.1, -0.05) is 6.92 Å². The van der Waals surface area contributed by atoms with Gasteiger partial charge in [-0.2, -0.15) is 0 Å². The Labute approximate surface area is 90.5 Å². The predicted octanol–water partition coefficient (Wildman–Crippen LogP) is 2.17. The molecule has 0 saturated heterocycles. The van der Waals surface area contributed by atoms with Crippen molar-refractivity contribution in [2.45, 2.75) is 25.8 Å². The lowest BCUT2D eigenvalue weighted by Gasteiger charge is -2.25. The second kappa shape index (κ2) is 3.81. The van der Waals surface area contributed by atoms with Crippen LogP contribution in [0.1, 0.15) is 29.3 Å². The van der Waals surface area contributed by atoms with Gasteiger partial charge in [-0.15, -0.1) is 0 Å². The second-order valence-corrected chi connectivity index (χ2v) is 3.80. The van der Waals surface area contributed by atoms with Crippen LogP contribution in [0.4, 0.5) is 13.2 Å². The Kier molecular flexibility index (Phi) is 2.61. The average molecular weight is 229 g/mol. The minimum atomic E-state index is -1.59. The molecule has 0 spiro atoms. The van der Waals surface area contributed by atoms with Gasteiger partial charge in [-0.3, -0.25) is 4.79 Å². The van der Waals surface area contributed by atoms with Crippen LogP contribution >= 0.6 is 0 Å². The minimum absolute atomic E-state index is 0.149. The first-order valence-electron chi connectivity index (χ1n) is 5.01. The zero-order valence-corrected chi connectivity index (χ0v) is 8.61. The molecular formula is C11H10F3NO. The van der Waals surface area contributed by atoms with E-state index in [-0.39, 0.29) is 17.2 Å². The molecule has 1 atom stereocenters. The monoisotopic (exact) mass is 229 g/mol. The maximum atomic E-state index is 13.3. The molecule has 1 aromatic carbocycles. The number of amides is 1. The maximum Gasteiger partial charge on any atom is 0.254 e. The van der Waals surface area contributed by atoms with Gasteiger partial charge in [0, 0.05) is 6.04 Å². The number of benzene rings is 1. The summed E-state index contributed by atoms with van der Waals surface area (Å²) in [6, 6.07) is 0.749. The zero-order valence-electron chi connectivity index (χ0n) is 8.61. The van der Waals surface area contributed by atoms with Crippen LogP contribution in [0, 0.1) is 17.5 Å². The zero-order chi connectivity index (χ0) is 11.9. The van der Waals surface area contributed by atoms with E-state index in [9.17, 15) is 18.0 Å². The number of halogens is 3. The van der Waals surface area contributed by atoms with Crippen molar-refractivity contribution in [2.24, 2.45) is 0 Å². The van der Waals surface area contributed by atoms with Crippen LogP contribution in [-0.2, 0) is 6.42 Å². The van der Waals surface area contributed by atoms with E-state index in [1.807, 2.05) is 6.92 Å². The summed E-state index contributed by atoms with van der Waals surface area (Å²) in [5.74, 6) is -4.92. The topological polar surface area (TPSA) is 29.1 Å². The van der Waals surface area contributed by atoms with Crippen molar-refractivity contribution in [3.8, 4) is 0 Å². The summed E-state index contributed by atoms with van der Waals surface area (Å²) in [6.45, 7) is 1.85. The fourth-order valence-corrected chi connectivity index (χ4v) is 1.87. The maximum absolute atomic E-state index is 13.3. The fourth-order valence-electron chi connectivity index (χ4n) is 1.87. The van der Waals surface area contributed by atoms with Crippen LogP contribution in [0.25, 0.3) is 0 Å². The smallest absolute Gasteiger partial charge is 0.254 e. The third kappa shape index (κ3) is 1.56. The van der Waals surface area contributed by atoms with Crippen LogP contribution in [0.3, 0.4) is 0 Å². The van der Waals surface area contributed by atoms with Gasteiger partial charge in [0.2, 0.25) is 0 Å². The van der Waals surface area contributed by atoms with Crippen molar-refractivity contribution in [3.05, 3.63) is 34.6 Å². The van der Waals surface area contributed by atoms with Gasteiger partial charge < -0.3 is 5.32 Å². The molecule has 1 aliphatic rings. The molecule has 0 aliphatic carbocycles. The van der Waals surface area contributed by atoms with Crippen LogP contribution < -0.4 is 5.32 Å². The fraction of sp³-hybridized carbons (Fsp3) is 0.364. The Morgan fingerprint density at radius 1 is 1.38 bits per heavy atom. The van der Waals surface area contributed by atoms with Crippen LogP contribution in [0.15, 0.2) is 6.07 Å². The molecule has 2 rings (SSSR count). The first-order valence-corrected chi connectivity index (χ1v) is 5.01. The van der Waals surface area contributed by atoms with Gasteiger partial charge in [-0.25, -0.2) is 13.2 Å². The van der Waals surface area contributed by atoms with Crippen molar-refractivity contribution in [1.29, 1.82) is 0 Å². The number of hydrogen-bond acceptors (Lipinski definition) is 1. The van der Waals surface area contributed by atoms with Gasteiger partial charge in [0.15, 0.2) is 17.5 Å². The first kappa shape index (κ1) is 11.0. The van der Waals surface area contributed by atoms with Gasteiger partial charge >= 0.3 is 0 Å². The third-order valence-corrected chi connectivity index (χ3v) is 2.77. The van der Waals surface area contributed by atoms with E-state index in [1.54, 1.807) is 0 Å². The number of fused-ring (bicyclic) bond motifs is 1. The molecule has 0 bridgehead atoms. The molecule has 86 valence electrons. The predicted molar refractivity (Wildman–Crippen MR) is 51.6 cm³/mol. The average Bonchev–Trinajstić information content (AvgIpc) is 2.25. The Bertz CT molecular complexity index is 459. The highest BCUT2D eigenvalue weighted by atomic mass is 19.2. The second-order valence-electron chi connectivity index (χ2n) is 3.80. The SMILES string of the molecule is CCC1Cc2cc(F)c(F)c(F)c2C(=O)N1.